The van der Waals surface area contributed by atoms with E-state index in [2.05, 4.69) is 194 Å². The molecular weight excluding hydrogens is 2130 g/mol. The van der Waals surface area contributed by atoms with Gasteiger partial charge in [0.15, 0.2) is 36.5 Å². The zero-order valence-corrected chi connectivity index (χ0v) is 80.0. The van der Waals surface area contributed by atoms with Gasteiger partial charge >= 0.3 is 36.2 Å². The number of carbonyl (C=O) groups excluding carboxylic acids is 6. The van der Waals surface area contributed by atoms with Crippen LogP contribution in [-0.4, -0.2) is 127 Å². The zero-order valence-electron chi connectivity index (χ0n) is 60.0. The van der Waals surface area contributed by atoms with E-state index in [0.717, 1.165) is 75.3 Å². The lowest BCUT2D eigenvalue weighted by molar-refractivity contribution is -0.146. The van der Waals surface area contributed by atoms with Crippen LogP contribution in [0.25, 0.3) is 0 Å². The number of H-pyrrole nitrogens is 3. The summed E-state index contributed by atoms with van der Waals surface area (Å²) in [6.07, 6.45) is -4.34. The summed E-state index contributed by atoms with van der Waals surface area (Å²) in [5.41, 5.74) is 22.5. The number of nitrogens with one attached hydrogen (secondary N) is 3. The maximum Gasteiger partial charge on any atom is 0.433 e. The lowest BCUT2D eigenvalue weighted by Gasteiger charge is -2.06. The van der Waals surface area contributed by atoms with Crippen molar-refractivity contribution in [2.24, 2.45) is 11.5 Å². The molecule has 10 N–H and O–H groups in total. The minimum Gasteiger partial charge on any atom is -0.466 e. The highest BCUT2D eigenvalue weighted by atomic mass is 80.9. The summed E-state index contributed by atoms with van der Waals surface area (Å²) in [5.74, 6) is -1.29. The molecule has 0 saturated heterocycles. The number of aromatic nitrogens is 9. The predicted octanol–water partition coefficient (Wildman–Crippen LogP) is 19.6. The van der Waals surface area contributed by atoms with Gasteiger partial charge in [0.2, 0.25) is 0 Å². The highest BCUT2D eigenvalue weighted by Crippen LogP contribution is 2.59. The van der Waals surface area contributed by atoms with Crippen LogP contribution in [0.15, 0.2) is 48.9 Å². The molecule has 618 valence electrons. The molecule has 1 unspecified atom stereocenters. The monoisotopic (exact) mass is 2200 g/mol. The number of esters is 4. The van der Waals surface area contributed by atoms with Crippen LogP contribution < -0.4 is 28.3 Å². The van der Waals surface area contributed by atoms with Crippen LogP contribution in [0.4, 0.5) is 31.5 Å². The number of aliphatic hydroxyl groups is 1. The smallest absolute Gasteiger partial charge is 0.433 e. The Morgan fingerprint density at radius 3 is 1.45 bits per heavy atom. The third-order valence-electron chi connectivity index (χ3n) is 11.0. The molecule has 0 aliphatic rings. The number of anilines is 1. The number of halogens is 15. The topological polar surface area (TPSA) is 396 Å². The summed E-state index contributed by atoms with van der Waals surface area (Å²) in [6, 6.07) is 0.865. The summed E-state index contributed by atoms with van der Waals surface area (Å²) in [6.45, 7) is 22.0. The van der Waals surface area contributed by atoms with E-state index in [9.17, 15) is 64.7 Å². The molecule has 109 heavy (non-hydrogen) atoms. The average molecular weight is 2210 g/mol. The van der Waals surface area contributed by atoms with Gasteiger partial charge in [0.25, 0.3) is 11.1 Å². The third-order valence-corrected chi connectivity index (χ3v) is 18.4. The summed E-state index contributed by atoms with van der Waals surface area (Å²) in [5, 5.41) is 10.2. The van der Waals surface area contributed by atoms with Gasteiger partial charge in [-0.1, -0.05) is 103 Å². The Bertz CT molecular complexity index is 3750. The number of ether oxygens (including phenoxy) is 4. The number of alkyl halides is 10. The maximum atomic E-state index is 12.5. The fourth-order valence-corrected chi connectivity index (χ4v) is 12.6. The van der Waals surface area contributed by atoms with E-state index in [0.29, 0.717) is 78.5 Å². The minimum atomic E-state index is -4.62. The van der Waals surface area contributed by atoms with Crippen molar-refractivity contribution in [3.8, 4) is 0 Å². The molecule has 7 aromatic rings. The molecule has 0 amide bonds. The Hall–Kier alpha value is -2.90. The number of aliphatic hydroxyl groups excluding tert-OH is 1. The van der Waals surface area contributed by atoms with Gasteiger partial charge in [-0.3, -0.25) is 33.8 Å². The fourth-order valence-electron chi connectivity index (χ4n) is 6.38. The Morgan fingerprint density at radius 2 is 1.06 bits per heavy atom. The Morgan fingerprint density at radius 1 is 0.633 bits per heavy atom. The molecule has 0 bridgehead atoms. The van der Waals surface area contributed by atoms with E-state index in [1.165, 1.54) is 55.9 Å². The SMILES string of the molecule is BrBr.BrP(Br)Br.CCOC(=O)C(Br)C(=O)CC.CCOC(=O)CC(=O)CC.CCOC(=O)c1sc(N)nc1CC.CCOC(=O)c1scnc1CC.CCc1ncsc1CBr.CCc1ncsc1CO.CCc1ncsc1CSc1nc(C(F)(F)F)cc(=O)[nH]1.ClCCl.NC(N)=S.O=c1cc(C(F)(F)F)[nH]c(=S)[nH]1. The zero-order chi connectivity index (χ0) is 85.0. The standard InChI is InChI=1S/C11H10F3N3OS2.C8H12N2O2S.C8H11NO2S.C7H11BrO3.C7H12O3.C6H8BrNS.C6H9NOS.C5H3F3N2OS.CH2Cl2.CH4N2S.Br3P.Br2/c1-2-6-7(20-5-15-6)4-19-10-16-8(11(12,13)14)3-9(18)17-10;1-3-5-6(7(11)12-4-2)13-8(9)10-5;1-3-6-7(12-5-9-6)8(10)11-4-2;1-3-5(9)6(8)7(10)11-4-2;1-3-6(8)5-7(9)10-4-2;1-2-5-6(3-7)9-4-8-5;1-2-5-6(3-8)9-4-7-5;6-5(7,8)2-1-3(11)10-4(12)9-2;2-1-3;2-1(3)4;1-4(2)3;1-2/h3,5H,2,4H2,1H3,(H,16,17,18);3-4H2,1-2H3,(H2,9,10);5H,3-4H2,1-2H3;6H,3-4H2,1-2H3;3-5H2,1-2H3;4H,2-3H2,1H3;4,8H,2-3H2,1H3;1H,(H2,9,10,11,12);1H2;(H4,2,3,4);;. The molecule has 1 atom stereocenters. The predicted molar refractivity (Wildman–Crippen MR) is 459 cm³/mol. The van der Waals surface area contributed by atoms with Crippen molar-refractivity contribution in [2.75, 3.05) is 37.5 Å². The van der Waals surface area contributed by atoms with Gasteiger partial charge in [-0.15, -0.1) is 68.5 Å². The Kier molecular flexibility index (Phi) is 73.0. The molecule has 25 nitrogen and oxygen atoms in total. The number of ketones is 2. The van der Waals surface area contributed by atoms with Crippen molar-refractivity contribution in [2.45, 2.75) is 168 Å². The lowest BCUT2D eigenvalue weighted by atomic mass is 10.2. The van der Waals surface area contributed by atoms with Crippen molar-refractivity contribution >= 4 is 272 Å². The second-order valence-electron chi connectivity index (χ2n) is 18.3. The number of nitrogens with two attached hydrogens (primary N) is 3. The number of thiocarbonyl (C=S) groups is 1. The fraction of sp³-hybridized carbons (Fsp3) is 0.500. The van der Waals surface area contributed by atoms with Crippen molar-refractivity contribution in [3.63, 3.8) is 0 Å². The molecule has 7 aromatic heterocycles. The number of thioether (sulfide) groups is 1. The van der Waals surface area contributed by atoms with Gasteiger partial charge in [-0.05, 0) is 131 Å². The van der Waals surface area contributed by atoms with Gasteiger partial charge < -0.3 is 51.2 Å². The van der Waals surface area contributed by atoms with Crippen molar-refractivity contribution < 1.29 is 79.2 Å². The van der Waals surface area contributed by atoms with E-state index in [1.807, 2.05) is 43.2 Å². The molecule has 49 heteroatoms. The first-order valence-electron chi connectivity index (χ1n) is 31.0. The molecule has 0 aromatic carbocycles. The first-order valence-corrected chi connectivity index (χ1v) is 51.3. The normalized spacial score (nSPS) is 10.2. The molecule has 7 rings (SSSR count). The number of aryl methyl sites for hydroxylation is 5. The van der Waals surface area contributed by atoms with Crippen LogP contribution in [-0.2, 0) is 100 Å². The van der Waals surface area contributed by atoms with Crippen LogP contribution in [0.3, 0.4) is 0 Å². The summed E-state index contributed by atoms with van der Waals surface area (Å²) < 4.78 is 91.8. The first kappa shape index (κ1) is 115. The number of rotatable bonds is 22. The molecule has 0 saturated carbocycles. The van der Waals surface area contributed by atoms with Crippen LogP contribution in [0.5, 0.6) is 0 Å². The van der Waals surface area contributed by atoms with Gasteiger partial charge in [0.1, 0.15) is 31.7 Å². The second kappa shape index (κ2) is 69.4. The summed E-state index contributed by atoms with van der Waals surface area (Å²) in [4.78, 5) is 121. The number of hydrogen-bond donors (Lipinski definition) is 7. The average Bonchev–Trinajstić information content (AvgIpc) is 1.80. The van der Waals surface area contributed by atoms with E-state index in [4.69, 9.17) is 43.5 Å². The molecule has 0 aliphatic heterocycles. The number of carbonyl (C=O) groups is 6. The highest BCUT2D eigenvalue weighted by Gasteiger charge is 2.34. The number of hydrogen-bond acceptors (Lipinski definition) is 28. The second-order valence-corrected chi connectivity index (χ2v) is 42.5. The van der Waals surface area contributed by atoms with Crippen molar-refractivity contribution in [1.29, 1.82) is 0 Å². The quantitative estimate of drug-likeness (QED) is 0.00381. The summed E-state index contributed by atoms with van der Waals surface area (Å²) >= 11 is 47.6. The van der Waals surface area contributed by atoms with Gasteiger partial charge in [-0.25, -0.2) is 39.5 Å². The first-order chi connectivity index (χ1) is 51.2. The van der Waals surface area contributed by atoms with E-state index in [-0.39, 0.29) is 60.9 Å². The third kappa shape index (κ3) is 56.9. The molecule has 0 radical (unpaired) electrons. The van der Waals surface area contributed by atoms with Gasteiger partial charge in [-0.2, -0.15) is 26.3 Å². The Labute approximate surface area is 729 Å². The maximum absolute atomic E-state index is 12.5. The molecule has 7 heterocycles. The van der Waals surface area contributed by atoms with Gasteiger partial charge in [0.05, 0.1) is 93.8 Å². The highest BCUT2D eigenvalue weighted by molar-refractivity contribution is 9.93. The van der Waals surface area contributed by atoms with Crippen molar-refractivity contribution in [3.05, 3.63) is 124 Å². The van der Waals surface area contributed by atoms with E-state index < -0.39 is 51.6 Å². The van der Waals surface area contributed by atoms with Crippen LogP contribution >= 0.6 is 227 Å². The molecular formula is C60H82Br7Cl2F6N12O13PS8. The molecule has 0 spiro atoms. The largest absolute Gasteiger partial charge is 0.466 e. The Balaban J connectivity index is -0.000000373. The van der Waals surface area contributed by atoms with Gasteiger partial charge in [0, 0.05) is 74.1 Å². The molecule has 0 fully saturated rings. The summed E-state index contributed by atoms with van der Waals surface area (Å²) in [7, 11) is 0. The lowest BCUT2D eigenvalue weighted by Crippen LogP contribution is -2.25. The minimum absolute atomic E-state index is 0.000000000000000222. The number of aromatic amines is 3. The van der Waals surface area contributed by atoms with E-state index >= 15 is 0 Å². The number of thiazole rings is 5. The van der Waals surface area contributed by atoms with Crippen LogP contribution in [0.1, 0.15) is 169 Å². The van der Waals surface area contributed by atoms with Crippen molar-refractivity contribution in [1.82, 2.24) is 44.9 Å². The van der Waals surface area contributed by atoms with Crippen LogP contribution in [0.2, 0.25) is 0 Å². The number of Topliss-reactive ketones (excluding diaryl/α,β-unsaturated/α-hetero) is 2. The van der Waals surface area contributed by atoms with Crippen LogP contribution in [0, 0.1) is 4.77 Å². The number of nitrogens with zero attached hydrogens (tertiary/aromatic N) is 6. The van der Waals surface area contributed by atoms with E-state index in [1.54, 1.807) is 69.4 Å². The molecule has 0 aliphatic carbocycles. The number of nitrogen functional groups attached to an aromatic ring is 1.